The first-order valence-electron chi connectivity index (χ1n) is 9.99. The normalized spacial score (nSPS) is 26.0. The third kappa shape index (κ3) is 3.72. The Morgan fingerprint density at radius 3 is 1.82 bits per heavy atom. The number of hydrogen-bond acceptors (Lipinski definition) is 2. The molecule has 2 aromatic rings. The maximum atomic E-state index is 10.4. The van der Waals surface area contributed by atoms with Crippen molar-refractivity contribution >= 4 is 0 Å². The van der Waals surface area contributed by atoms with Gasteiger partial charge in [-0.2, -0.15) is 5.26 Å². The molecule has 2 saturated heterocycles. The van der Waals surface area contributed by atoms with E-state index >= 15 is 0 Å². The molecule has 2 aromatic carbocycles. The molecular formula is C24H29IN2O. The van der Waals surface area contributed by atoms with Crippen molar-refractivity contribution in [1.29, 1.82) is 5.26 Å². The second-order valence-corrected chi connectivity index (χ2v) is 8.76. The molecule has 2 fully saturated rings. The predicted octanol–water partition coefficient (Wildman–Crippen LogP) is 1.14. The van der Waals surface area contributed by atoms with E-state index < -0.39 is 5.41 Å². The van der Waals surface area contributed by atoms with Crippen molar-refractivity contribution < 1.29 is 33.2 Å². The van der Waals surface area contributed by atoms with Crippen LogP contribution >= 0.6 is 0 Å². The molecule has 148 valence electrons. The summed E-state index contributed by atoms with van der Waals surface area (Å²) in [5, 5.41) is 10.4. The minimum atomic E-state index is -0.586. The van der Waals surface area contributed by atoms with Crippen LogP contribution in [0.3, 0.4) is 0 Å². The Bertz CT molecular complexity index is 760. The summed E-state index contributed by atoms with van der Waals surface area (Å²) in [6.07, 6.45) is 3.14. The first-order chi connectivity index (χ1) is 13.1. The standard InChI is InChI=1S/C24H29N2O.HI/c1-26(2)22-13-19(14-23(26)17-27-16-22)15-24(18-25,20-9-5-3-6-10-20)21-11-7-4-8-12-21;/h3-12,19,22-23H,13-17H2,1-2H3;1H/q+1;/p-1/t19?,22-,23+;. The number of nitrogens with zero attached hydrogens (tertiary/aromatic N) is 2. The van der Waals surface area contributed by atoms with E-state index in [1.807, 2.05) is 36.4 Å². The molecule has 3 atom stereocenters. The van der Waals surface area contributed by atoms with Gasteiger partial charge in [0.05, 0.1) is 33.4 Å². The first-order valence-corrected chi connectivity index (χ1v) is 9.99. The quantitative estimate of drug-likeness (QED) is 0.478. The van der Waals surface area contributed by atoms with Gasteiger partial charge in [0.15, 0.2) is 0 Å². The molecule has 2 aliphatic rings. The average Bonchev–Trinajstić information content (AvgIpc) is 2.68. The molecule has 0 spiro atoms. The summed E-state index contributed by atoms with van der Waals surface area (Å²) in [5.41, 5.74) is 1.63. The van der Waals surface area contributed by atoms with E-state index in [9.17, 15) is 5.26 Å². The summed E-state index contributed by atoms with van der Waals surface area (Å²) in [6, 6.07) is 24.5. The molecule has 1 unspecified atom stereocenters. The van der Waals surface area contributed by atoms with Gasteiger partial charge < -0.3 is 33.2 Å². The molecule has 0 aliphatic carbocycles. The topological polar surface area (TPSA) is 33.0 Å². The number of likely N-dealkylation sites (N-methyl/N-ethyl adjacent to an activating group) is 1. The molecule has 2 bridgehead atoms. The molecule has 2 aliphatic heterocycles. The highest BCUT2D eigenvalue weighted by atomic mass is 127. The molecule has 0 saturated carbocycles. The summed E-state index contributed by atoms with van der Waals surface area (Å²) < 4.78 is 6.93. The molecule has 28 heavy (non-hydrogen) atoms. The molecule has 4 heteroatoms. The summed E-state index contributed by atoms with van der Waals surface area (Å²) in [5.74, 6) is 0.537. The van der Waals surface area contributed by atoms with Crippen LogP contribution in [0.2, 0.25) is 0 Å². The summed E-state index contributed by atoms with van der Waals surface area (Å²) in [6.45, 7) is 1.69. The number of ether oxygens (including phenoxy) is 1. The zero-order chi connectivity index (χ0) is 18.9. The van der Waals surface area contributed by atoms with Gasteiger partial charge in [-0.15, -0.1) is 0 Å². The van der Waals surface area contributed by atoms with Crippen molar-refractivity contribution in [3.8, 4) is 6.07 Å². The van der Waals surface area contributed by atoms with Crippen molar-refractivity contribution in [2.75, 3.05) is 27.3 Å². The fourth-order valence-electron chi connectivity index (χ4n) is 5.19. The number of benzene rings is 2. The van der Waals surface area contributed by atoms with Gasteiger partial charge >= 0.3 is 0 Å². The van der Waals surface area contributed by atoms with E-state index in [4.69, 9.17) is 4.74 Å². The minimum Gasteiger partial charge on any atom is -1.00 e. The number of nitriles is 1. The van der Waals surface area contributed by atoms with Crippen molar-refractivity contribution in [2.45, 2.75) is 36.8 Å². The van der Waals surface area contributed by atoms with Gasteiger partial charge in [-0.1, -0.05) is 60.7 Å². The lowest BCUT2D eigenvalue weighted by molar-refractivity contribution is -0.953. The Balaban J connectivity index is 0.00000225. The zero-order valence-corrected chi connectivity index (χ0v) is 18.9. The van der Waals surface area contributed by atoms with Crippen LogP contribution in [0.1, 0.15) is 30.4 Å². The predicted molar refractivity (Wildman–Crippen MR) is 107 cm³/mol. The van der Waals surface area contributed by atoms with Crippen LogP contribution in [0.15, 0.2) is 60.7 Å². The van der Waals surface area contributed by atoms with Crippen LogP contribution in [0.25, 0.3) is 0 Å². The van der Waals surface area contributed by atoms with E-state index in [1.165, 1.54) is 0 Å². The average molecular weight is 488 g/mol. The van der Waals surface area contributed by atoms with Crippen LogP contribution in [-0.4, -0.2) is 43.9 Å². The molecule has 2 heterocycles. The van der Waals surface area contributed by atoms with Crippen LogP contribution in [0.5, 0.6) is 0 Å². The van der Waals surface area contributed by atoms with Crippen molar-refractivity contribution in [3.63, 3.8) is 0 Å². The SMILES string of the molecule is C[N+]1(C)[C@@H]2COC[C@H]1CC(CC(C#N)(c1ccccc1)c1ccccc1)C2.[I-]. The zero-order valence-electron chi connectivity index (χ0n) is 16.7. The van der Waals surface area contributed by atoms with Crippen LogP contribution in [-0.2, 0) is 10.2 Å². The number of hydrogen-bond donors (Lipinski definition) is 0. The largest absolute Gasteiger partial charge is 1.00 e. The van der Waals surface area contributed by atoms with Gasteiger partial charge in [0.2, 0.25) is 0 Å². The van der Waals surface area contributed by atoms with Crippen molar-refractivity contribution in [1.82, 2.24) is 0 Å². The molecule has 0 aromatic heterocycles. The Labute approximate surface area is 185 Å². The van der Waals surface area contributed by atoms with E-state index in [0.29, 0.717) is 18.0 Å². The Morgan fingerprint density at radius 1 is 0.929 bits per heavy atom. The number of quaternary nitrogens is 1. The third-order valence-electron chi connectivity index (χ3n) is 7.03. The number of morpholine rings is 1. The van der Waals surface area contributed by atoms with E-state index in [-0.39, 0.29) is 24.0 Å². The van der Waals surface area contributed by atoms with Gasteiger partial charge in [0.1, 0.15) is 17.5 Å². The summed E-state index contributed by atoms with van der Waals surface area (Å²) in [7, 11) is 4.69. The van der Waals surface area contributed by atoms with Gasteiger partial charge in [-0.05, 0) is 23.5 Å². The molecular weight excluding hydrogens is 459 g/mol. The maximum absolute atomic E-state index is 10.4. The number of fused-ring (bicyclic) bond motifs is 2. The van der Waals surface area contributed by atoms with E-state index in [0.717, 1.165) is 48.1 Å². The highest BCUT2D eigenvalue weighted by molar-refractivity contribution is 5.45. The molecule has 3 nitrogen and oxygen atoms in total. The highest BCUT2D eigenvalue weighted by Gasteiger charge is 2.49. The first kappa shape index (κ1) is 21.3. The van der Waals surface area contributed by atoms with Gasteiger partial charge in [0, 0.05) is 12.8 Å². The summed E-state index contributed by atoms with van der Waals surface area (Å²) in [4.78, 5) is 0. The lowest BCUT2D eigenvalue weighted by Gasteiger charge is -2.53. The van der Waals surface area contributed by atoms with Gasteiger partial charge in [-0.3, -0.25) is 0 Å². The fraction of sp³-hybridized carbons (Fsp3) is 0.458. The number of halogens is 1. The molecule has 4 rings (SSSR count). The van der Waals surface area contributed by atoms with Crippen LogP contribution in [0, 0.1) is 17.2 Å². The molecule has 0 amide bonds. The van der Waals surface area contributed by atoms with E-state index in [2.05, 4.69) is 44.4 Å². The Morgan fingerprint density at radius 2 is 1.39 bits per heavy atom. The second kappa shape index (κ2) is 8.52. The lowest BCUT2D eigenvalue weighted by Crippen LogP contribution is -3.00. The fourth-order valence-corrected chi connectivity index (χ4v) is 5.19. The van der Waals surface area contributed by atoms with E-state index in [1.54, 1.807) is 0 Å². The van der Waals surface area contributed by atoms with Crippen molar-refractivity contribution in [3.05, 3.63) is 71.8 Å². The number of rotatable bonds is 4. The van der Waals surface area contributed by atoms with Gasteiger partial charge in [0.25, 0.3) is 0 Å². The van der Waals surface area contributed by atoms with Crippen LogP contribution in [0.4, 0.5) is 0 Å². The summed E-state index contributed by atoms with van der Waals surface area (Å²) >= 11 is 0. The van der Waals surface area contributed by atoms with Crippen LogP contribution < -0.4 is 24.0 Å². The Kier molecular flexibility index (Phi) is 6.48. The highest BCUT2D eigenvalue weighted by Crippen LogP contribution is 2.44. The molecule has 0 radical (unpaired) electrons. The Hall–Kier alpha value is -1.42. The maximum Gasteiger partial charge on any atom is 0.113 e. The lowest BCUT2D eigenvalue weighted by atomic mass is 9.67. The minimum absolute atomic E-state index is 0. The second-order valence-electron chi connectivity index (χ2n) is 8.76. The smallest absolute Gasteiger partial charge is 0.113 e. The van der Waals surface area contributed by atoms with Crippen molar-refractivity contribution in [2.24, 2.45) is 5.92 Å². The monoisotopic (exact) mass is 488 g/mol. The van der Waals surface area contributed by atoms with Gasteiger partial charge in [-0.25, -0.2) is 0 Å². The molecule has 0 N–H and O–H groups in total. The number of piperidine rings is 1. The third-order valence-corrected chi connectivity index (χ3v) is 7.03.